The molecule has 0 spiro atoms. The molecule has 0 saturated heterocycles. The van der Waals surface area contributed by atoms with Crippen LogP contribution in [0.5, 0.6) is 5.88 Å². The average molecular weight is 339 g/mol. The summed E-state index contributed by atoms with van der Waals surface area (Å²) in [5.41, 5.74) is 3.71. The molecule has 0 saturated carbocycles. The van der Waals surface area contributed by atoms with Gasteiger partial charge < -0.3 is 4.74 Å². The number of benzene rings is 1. The fourth-order valence-electron chi connectivity index (χ4n) is 2.96. The van der Waals surface area contributed by atoms with Gasteiger partial charge in [0.25, 0.3) is 0 Å². The lowest BCUT2D eigenvalue weighted by molar-refractivity contribution is -0.138. The summed E-state index contributed by atoms with van der Waals surface area (Å²) in [6, 6.07) is 7.84. The summed E-state index contributed by atoms with van der Waals surface area (Å²) in [5, 5.41) is 0. The van der Waals surface area contributed by atoms with Crippen molar-refractivity contribution in [2.45, 2.75) is 53.4 Å². The maximum absolute atomic E-state index is 12.4. The molecule has 2 aromatic heterocycles. The van der Waals surface area contributed by atoms with E-state index >= 15 is 0 Å². The van der Waals surface area contributed by atoms with Gasteiger partial charge in [0.2, 0.25) is 11.7 Å². The zero-order chi connectivity index (χ0) is 18.1. The van der Waals surface area contributed by atoms with Crippen molar-refractivity contribution < 1.29 is 9.53 Å². The largest absolute Gasteiger partial charge is 0.408 e. The minimum atomic E-state index is -0.241. The van der Waals surface area contributed by atoms with E-state index in [1.165, 1.54) is 0 Å². The van der Waals surface area contributed by atoms with Gasteiger partial charge in [-0.1, -0.05) is 46.8 Å². The number of carbonyl (C=O) groups excluding carboxylic acids is 1. The van der Waals surface area contributed by atoms with Crippen molar-refractivity contribution in [2.24, 2.45) is 5.92 Å². The standard InChI is InChI=1S/C20H25N3O2/c1-6-13(5)17-14(7-2)18(25-19(24)12(3)4)23-16-11-9-8-10-15(16)21-20(23)22-17/h8-13H,6-7H2,1-5H3. The number of ether oxygens (including phenoxy) is 1. The van der Waals surface area contributed by atoms with Gasteiger partial charge in [-0.15, -0.1) is 0 Å². The second-order valence-corrected chi connectivity index (χ2v) is 6.76. The lowest BCUT2D eigenvalue weighted by Crippen LogP contribution is -2.19. The third-order valence-corrected chi connectivity index (χ3v) is 4.64. The Bertz CT molecular complexity index is 927. The lowest BCUT2D eigenvalue weighted by atomic mass is 9.98. The first-order chi connectivity index (χ1) is 12.0. The molecule has 5 heteroatoms. The van der Waals surface area contributed by atoms with Crippen LogP contribution < -0.4 is 4.74 Å². The molecular formula is C20H25N3O2. The van der Waals surface area contributed by atoms with Gasteiger partial charge in [0.05, 0.1) is 22.6 Å². The number of imidazole rings is 1. The fraction of sp³-hybridized carbons (Fsp3) is 0.450. The van der Waals surface area contributed by atoms with Crippen LogP contribution in [-0.2, 0) is 11.2 Å². The molecule has 5 nitrogen and oxygen atoms in total. The van der Waals surface area contributed by atoms with Gasteiger partial charge in [-0.3, -0.25) is 4.79 Å². The van der Waals surface area contributed by atoms with Crippen LogP contribution in [-0.4, -0.2) is 20.3 Å². The van der Waals surface area contributed by atoms with Crippen molar-refractivity contribution >= 4 is 22.8 Å². The number of esters is 1. The Balaban J connectivity index is 2.37. The molecule has 0 aliphatic heterocycles. The molecule has 0 aliphatic rings. The second kappa shape index (κ2) is 6.82. The van der Waals surface area contributed by atoms with Crippen LogP contribution in [0.3, 0.4) is 0 Å². The van der Waals surface area contributed by atoms with E-state index in [0.717, 1.165) is 35.1 Å². The summed E-state index contributed by atoms with van der Waals surface area (Å²) in [7, 11) is 0. The van der Waals surface area contributed by atoms with Crippen LogP contribution in [0, 0.1) is 5.92 Å². The Labute approximate surface area is 148 Å². The zero-order valence-electron chi connectivity index (χ0n) is 15.5. The highest BCUT2D eigenvalue weighted by atomic mass is 16.5. The molecule has 3 aromatic rings. The molecular weight excluding hydrogens is 314 g/mol. The predicted octanol–water partition coefficient (Wildman–Crippen LogP) is 4.52. The highest BCUT2D eigenvalue weighted by Gasteiger charge is 2.23. The molecule has 0 radical (unpaired) electrons. The molecule has 132 valence electrons. The maximum Gasteiger partial charge on any atom is 0.315 e. The summed E-state index contributed by atoms with van der Waals surface area (Å²) in [6.07, 6.45) is 1.71. The van der Waals surface area contributed by atoms with Gasteiger partial charge in [0.1, 0.15) is 0 Å². The van der Waals surface area contributed by atoms with Crippen molar-refractivity contribution in [3.63, 3.8) is 0 Å². The van der Waals surface area contributed by atoms with E-state index in [4.69, 9.17) is 9.72 Å². The van der Waals surface area contributed by atoms with E-state index in [1.807, 2.05) is 42.5 Å². The van der Waals surface area contributed by atoms with E-state index in [-0.39, 0.29) is 17.8 Å². The molecule has 0 bridgehead atoms. The Hall–Kier alpha value is -2.43. The molecule has 1 unspecified atom stereocenters. The first kappa shape index (κ1) is 17.4. The van der Waals surface area contributed by atoms with Gasteiger partial charge in [-0.2, -0.15) is 0 Å². The van der Waals surface area contributed by atoms with Crippen molar-refractivity contribution in [2.75, 3.05) is 0 Å². The van der Waals surface area contributed by atoms with Crippen LogP contribution in [0.15, 0.2) is 24.3 Å². The summed E-state index contributed by atoms with van der Waals surface area (Å²) in [6.45, 7) is 10.0. The normalized spacial score (nSPS) is 12.9. The van der Waals surface area contributed by atoms with Crippen LogP contribution in [0.1, 0.15) is 58.2 Å². The third-order valence-electron chi connectivity index (χ3n) is 4.64. The summed E-state index contributed by atoms with van der Waals surface area (Å²) in [5.74, 6) is 0.983. The molecule has 25 heavy (non-hydrogen) atoms. The smallest absolute Gasteiger partial charge is 0.315 e. The number of fused-ring (bicyclic) bond motifs is 3. The van der Waals surface area contributed by atoms with Gasteiger partial charge in [-0.05, 0) is 30.9 Å². The Morgan fingerprint density at radius 3 is 2.52 bits per heavy atom. The highest BCUT2D eigenvalue weighted by Crippen LogP contribution is 2.32. The Kier molecular flexibility index (Phi) is 4.75. The molecule has 1 aromatic carbocycles. The number of para-hydroxylation sites is 2. The summed E-state index contributed by atoms with van der Waals surface area (Å²) >= 11 is 0. The van der Waals surface area contributed by atoms with Crippen molar-refractivity contribution in [3.8, 4) is 5.88 Å². The number of carbonyl (C=O) groups is 1. The molecule has 0 fully saturated rings. The number of aromatic nitrogens is 3. The SMILES string of the molecule is CCc1c(C(C)CC)nc2nc3ccccc3n2c1OC(=O)C(C)C. The van der Waals surface area contributed by atoms with Gasteiger partial charge >= 0.3 is 5.97 Å². The molecule has 0 amide bonds. The minimum absolute atomic E-state index is 0.199. The fourth-order valence-corrected chi connectivity index (χ4v) is 2.96. The van der Waals surface area contributed by atoms with Gasteiger partial charge in [-0.25, -0.2) is 14.4 Å². The van der Waals surface area contributed by atoms with Crippen molar-refractivity contribution in [1.82, 2.24) is 14.4 Å². The number of nitrogens with zero attached hydrogens (tertiary/aromatic N) is 3. The van der Waals surface area contributed by atoms with Crippen LogP contribution in [0.25, 0.3) is 16.8 Å². The van der Waals surface area contributed by atoms with E-state index in [0.29, 0.717) is 11.7 Å². The van der Waals surface area contributed by atoms with Gasteiger partial charge in [0.15, 0.2) is 0 Å². The van der Waals surface area contributed by atoms with Crippen LogP contribution >= 0.6 is 0 Å². The van der Waals surface area contributed by atoms with E-state index < -0.39 is 0 Å². The maximum atomic E-state index is 12.4. The number of rotatable bonds is 5. The molecule has 3 rings (SSSR count). The first-order valence-electron chi connectivity index (χ1n) is 8.99. The van der Waals surface area contributed by atoms with Crippen molar-refractivity contribution in [1.29, 1.82) is 0 Å². The van der Waals surface area contributed by atoms with Crippen molar-refractivity contribution in [3.05, 3.63) is 35.5 Å². The molecule has 2 heterocycles. The minimum Gasteiger partial charge on any atom is -0.408 e. The topological polar surface area (TPSA) is 56.5 Å². The third kappa shape index (κ3) is 2.99. The Morgan fingerprint density at radius 2 is 1.88 bits per heavy atom. The van der Waals surface area contributed by atoms with E-state index in [2.05, 4.69) is 25.8 Å². The first-order valence-corrected chi connectivity index (χ1v) is 8.99. The van der Waals surface area contributed by atoms with Crippen LogP contribution in [0.2, 0.25) is 0 Å². The number of hydrogen-bond donors (Lipinski definition) is 0. The quantitative estimate of drug-likeness (QED) is 0.641. The van der Waals surface area contributed by atoms with E-state index in [1.54, 1.807) is 0 Å². The van der Waals surface area contributed by atoms with E-state index in [9.17, 15) is 4.79 Å². The second-order valence-electron chi connectivity index (χ2n) is 6.76. The lowest BCUT2D eigenvalue weighted by Gasteiger charge is -2.18. The monoisotopic (exact) mass is 339 g/mol. The average Bonchev–Trinajstić information content (AvgIpc) is 2.98. The summed E-state index contributed by atoms with van der Waals surface area (Å²) in [4.78, 5) is 21.8. The van der Waals surface area contributed by atoms with Crippen LogP contribution in [0.4, 0.5) is 0 Å². The zero-order valence-corrected chi connectivity index (χ0v) is 15.5. The predicted molar refractivity (Wildman–Crippen MR) is 99.1 cm³/mol. The van der Waals surface area contributed by atoms with Gasteiger partial charge in [0, 0.05) is 5.56 Å². The number of hydrogen-bond acceptors (Lipinski definition) is 4. The highest BCUT2D eigenvalue weighted by molar-refractivity contribution is 5.82. The Morgan fingerprint density at radius 1 is 1.16 bits per heavy atom. The molecule has 1 atom stereocenters. The summed E-state index contributed by atoms with van der Waals surface area (Å²) < 4.78 is 7.73. The molecule has 0 N–H and O–H groups in total. The molecule has 0 aliphatic carbocycles.